The molecule has 1 heterocycles. The highest BCUT2D eigenvalue weighted by atomic mass is 32.2. The molecule has 0 unspecified atom stereocenters. The largest absolute Gasteiger partial charge is 0.315 e. The average Bonchev–Trinajstić information content (AvgIpc) is 3.10. The zero-order chi connectivity index (χ0) is 19.6. The van der Waals surface area contributed by atoms with E-state index in [1.807, 2.05) is 30.3 Å². The molecule has 1 aliphatic heterocycles. The monoisotopic (exact) mass is 418 g/mol. The Kier molecular flexibility index (Phi) is 6.30. The van der Waals surface area contributed by atoms with Crippen LogP contribution in [-0.4, -0.2) is 43.6 Å². The molecule has 2 aliphatic rings. The van der Waals surface area contributed by atoms with Crippen molar-refractivity contribution >= 4 is 33.4 Å². The van der Waals surface area contributed by atoms with Gasteiger partial charge in [-0.25, -0.2) is 8.42 Å². The first kappa shape index (κ1) is 20.2. The lowest BCUT2D eigenvalue weighted by Gasteiger charge is -2.26. The Morgan fingerprint density at radius 2 is 1.75 bits per heavy atom. The minimum atomic E-state index is -3.52. The van der Waals surface area contributed by atoms with E-state index >= 15 is 0 Å². The summed E-state index contributed by atoms with van der Waals surface area (Å²) >= 11 is 4.60. The minimum absolute atomic E-state index is 0.0254. The maximum atomic E-state index is 13.4. The molecule has 2 aromatic rings. The molecule has 0 aromatic heterocycles. The second-order valence-corrected chi connectivity index (χ2v) is 10.9. The lowest BCUT2D eigenvalue weighted by Crippen LogP contribution is -2.42. The normalized spacial score (nSPS) is 24.8. The van der Waals surface area contributed by atoms with E-state index in [0.29, 0.717) is 18.0 Å². The van der Waals surface area contributed by atoms with Crippen LogP contribution in [0.5, 0.6) is 0 Å². The summed E-state index contributed by atoms with van der Waals surface area (Å²) in [5.74, 6) is 0.743. The highest BCUT2D eigenvalue weighted by Gasteiger charge is 2.38. The van der Waals surface area contributed by atoms with Crippen LogP contribution in [0.15, 0.2) is 47.4 Å². The number of benzene rings is 2. The maximum Gasteiger partial charge on any atom is 0.243 e. The molecule has 0 bridgehead atoms. The Morgan fingerprint density at radius 3 is 2.54 bits per heavy atom. The summed E-state index contributed by atoms with van der Waals surface area (Å²) < 4.78 is 28.4. The van der Waals surface area contributed by atoms with Crippen molar-refractivity contribution in [3.63, 3.8) is 0 Å². The number of fused-ring (bicyclic) bond motifs is 1. The Bertz CT molecular complexity index is 910. The van der Waals surface area contributed by atoms with E-state index in [9.17, 15) is 8.42 Å². The number of thiol groups is 1. The van der Waals surface area contributed by atoms with Crippen molar-refractivity contribution in [1.82, 2.24) is 9.62 Å². The summed E-state index contributed by atoms with van der Waals surface area (Å²) in [4.78, 5) is 0.380. The Hall–Kier alpha value is -1.08. The summed E-state index contributed by atoms with van der Waals surface area (Å²) in [5.41, 5.74) is 0. The van der Waals surface area contributed by atoms with Gasteiger partial charge in [-0.05, 0) is 54.6 Å². The highest BCUT2D eigenvalue weighted by Crippen LogP contribution is 2.30. The van der Waals surface area contributed by atoms with Gasteiger partial charge in [0.05, 0.1) is 4.90 Å². The Morgan fingerprint density at radius 1 is 1.00 bits per heavy atom. The molecule has 0 amide bonds. The van der Waals surface area contributed by atoms with Gasteiger partial charge in [0.1, 0.15) is 0 Å². The van der Waals surface area contributed by atoms with Gasteiger partial charge in [0, 0.05) is 24.4 Å². The fourth-order valence-electron chi connectivity index (χ4n) is 4.65. The van der Waals surface area contributed by atoms with E-state index in [1.54, 1.807) is 16.4 Å². The van der Waals surface area contributed by atoms with Crippen LogP contribution in [0.1, 0.15) is 38.5 Å². The van der Waals surface area contributed by atoms with Gasteiger partial charge >= 0.3 is 0 Å². The van der Waals surface area contributed by atoms with E-state index in [2.05, 4.69) is 17.9 Å². The SMILES string of the molecule is O=S(=O)(c1ccc2ccccc2c1)N1C[C@H](S)C[C@H]1CNCC1CCCCC1. The van der Waals surface area contributed by atoms with Crippen LogP contribution in [0.2, 0.25) is 0 Å². The summed E-state index contributed by atoms with van der Waals surface area (Å²) in [6.45, 7) is 2.19. The third kappa shape index (κ3) is 4.40. The summed E-state index contributed by atoms with van der Waals surface area (Å²) in [5, 5.41) is 5.67. The Balaban J connectivity index is 1.47. The van der Waals surface area contributed by atoms with Crippen LogP contribution in [0.25, 0.3) is 10.8 Å². The van der Waals surface area contributed by atoms with Crippen LogP contribution in [0.3, 0.4) is 0 Å². The second-order valence-electron chi connectivity index (χ2n) is 8.29. The molecule has 4 rings (SSSR count). The molecular formula is C22H30N2O2S2. The molecule has 152 valence electrons. The van der Waals surface area contributed by atoms with E-state index in [0.717, 1.165) is 29.7 Å². The third-order valence-electron chi connectivity index (χ3n) is 6.21. The minimum Gasteiger partial charge on any atom is -0.315 e. The van der Waals surface area contributed by atoms with Crippen molar-refractivity contribution in [3.05, 3.63) is 42.5 Å². The zero-order valence-electron chi connectivity index (χ0n) is 16.3. The maximum absolute atomic E-state index is 13.4. The van der Waals surface area contributed by atoms with E-state index in [1.165, 1.54) is 32.1 Å². The van der Waals surface area contributed by atoms with Crippen molar-refractivity contribution < 1.29 is 8.42 Å². The molecule has 2 atom stereocenters. The summed E-state index contributed by atoms with van der Waals surface area (Å²) in [6, 6.07) is 13.3. The van der Waals surface area contributed by atoms with Gasteiger partial charge < -0.3 is 5.32 Å². The fraction of sp³-hybridized carbons (Fsp3) is 0.545. The third-order valence-corrected chi connectivity index (χ3v) is 8.50. The fourth-order valence-corrected chi connectivity index (χ4v) is 6.90. The smallest absolute Gasteiger partial charge is 0.243 e. The van der Waals surface area contributed by atoms with Gasteiger partial charge in [-0.3, -0.25) is 0 Å². The first-order valence-electron chi connectivity index (χ1n) is 10.4. The van der Waals surface area contributed by atoms with E-state index in [4.69, 9.17) is 0 Å². The molecule has 1 N–H and O–H groups in total. The van der Waals surface area contributed by atoms with Crippen molar-refractivity contribution in [1.29, 1.82) is 0 Å². The molecule has 1 saturated carbocycles. The molecule has 6 heteroatoms. The van der Waals surface area contributed by atoms with Gasteiger partial charge in [0.25, 0.3) is 0 Å². The highest BCUT2D eigenvalue weighted by molar-refractivity contribution is 7.89. The topological polar surface area (TPSA) is 49.4 Å². The quantitative estimate of drug-likeness (QED) is 0.695. The average molecular weight is 419 g/mol. The van der Waals surface area contributed by atoms with Gasteiger partial charge in [0.15, 0.2) is 0 Å². The molecule has 1 aliphatic carbocycles. The lowest BCUT2D eigenvalue weighted by molar-refractivity contribution is 0.319. The molecule has 2 aromatic carbocycles. The van der Waals surface area contributed by atoms with E-state index in [-0.39, 0.29) is 11.3 Å². The van der Waals surface area contributed by atoms with E-state index < -0.39 is 10.0 Å². The van der Waals surface area contributed by atoms with Crippen LogP contribution in [0, 0.1) is 5.92 Å². The van der Waals surface area contributed by atoms with Gasteiger partial charge in [-0.15, -0.1) is 0 Å². The number of nitrogens with one attached hydrogen (secondary N) is 1. The van der Waals surface area contributed by atoms with Crippen molar-refractivity contribution in [2.75, 3.05) is 19.6 Å². The van der Waals surface area contributed by atoms with Gasteiger partial charge in [-0.2, -0.15) is 16.9 Å². The van der Waals surface area contributed by atoms with Crippen LogP contribution >= 0.6 is 12.6 Å². The first-order chi connectivity index (χ1) is 13.5. The first-order valence-corrected chi connectivity index (χ1v) is 12.4. The van der Waals surface area contributed by atoms with Crippen LogP contribution in [0.4, 0.5) is 0 Å². The standard InChI is InChI=1S/C22H30N2O2S2/c25-28(26,22-11-10-18-8-4-5-9-19(18)12-22)24-16-21(27)13-20(24)15-23-14-17-6-2-1-3-7-17/h4-5,8-12,17,20-21,23,27H,1-3,6-7,13-16H2/t20-,21+/m0/s1. The lowest BCUT2D eigenvalue weighted by atomic mass is 9.89. The molecular weight excluding hydrogens is 388 g/mol. The van der Waals surface area contributed by atoms with Gasteiger partial charge in [-0.1, -0.05) is 49.6 Å². The van der Waals surface area contributed by atoms with Crippen LogP contribution in [-0.2, 0) is 10.0 Å². The predicted octanol–water partition coefficient (Wildman–Crippen LogP) is 4.07. The molecule has 1 saturated heterocycles. The summed E-state index contributed by atoms with van der Waals surface area (Å²) in [6.07, 6.45) is 7.41. The van der Waals surface area contributed by atoms with Crippen molar-refractivity contribution in [2.45, 2.75) is 54.7 Å². The molecule has 28 heavy (non-hydrogen) atoms. The molecule has 2 fully saturated rings. The number of hydrogen-bond donors (Lipinski definition) is 2. The summed E-state index contributed by atoms with van der Waals surface area (Å²) in [7, 11) is -3.52. The van der Waals surface area contributed by atoms with Crippen LogP contribution < -0.4 is 5.32 Å². The number of hydrogen-bond acceptors (Lipinski definition) is 4. The molecule has 4 nitrogen and oxygen atoms in total. The number of sulfonamides is 1. The zero-order valence-corrected chi connectivity index (χ0v) is 18.0. The van der Waals surface area contributed by atoms with Crippen molar-refractivity contribution in [2.24, 2.45) is 5.92 Å². The second kappa shape index (κ2) is 8.74. The van der Waals surface area contributed by atoms with Crippen molar-refractivity contribution in [3.8, 4) is 0 Å². The predicted molar refractivity (Wildman–Crippen MR) is 118 cm³/mol. The number of rotatable bonds is 6. The molecule has 0 radical (unpaired) electrons. The molecule has 0 spiro atoms. The Labute approximate surface area is 174 Å². The van der Waals surface area contributed by atoms with Gasteiger partial charge in [0.2, 0.25) is 10.0 Å². The number of nitrogens with zero attached hydrogens (tertiary/aromatic N) is 1.